The lowest BCUT2D eigenvalue weighted by Gasteiger charge is -2.14. The predicted molar refractivity (Wildman–Crippen MR) is 108 cm³/mol. The minimum absolute atomic E-state index is 0.109. The van der Waals surface area contributed by atoms with Crippen LogP contribution in [0.4, 0.5) is 5.69 Å². The van der Waals surface area contributed by atoms with Crippen LogP contribution in [0.2, 0.25) is 5.02 Å². The Hall–Kier alpha value is -2.09. The molecule has 0 heterocycles. The van der Waals surface area contributed by atoms with Gasteiger partial charge in [0.1, 0.15) is 5.71 Å². The lowest BCUT2D eigenvalue weighted by molar-refractivity contribution is 0.146. The van der Waals surface area contributed by atoms with Crippen LogP contribution in [0.1, 0.15) is 30.9 Å². The summed E-state index contributed by atoms with van der Waals surface area (Å²) in [5.41, 5.74) is 1.51. The lowest BCUT2D eigenvalue weighted by Crippen LogP contribution is -2.22. The standard InChI is InChI=1S/C19H23ClN2O4S/c1-2-3-11-26-12-13-27(24,25)22-18-10-9-16(20)14-17(18)19(21-23)15-7-5-4-6-8-15/h4-10,14,22-23H,2-3,11-13H2,1H3/b21-19-. The zero-order chi connectivity index (χ0) is 19.7. The molecule has 0 aromatic heterocycles. The molecule has 0 amide bonds. The number of hydrogen-bond donors (Lipinski definition) is 2. The van der Waals surface area contributed by atoms with E-state index in [1.807, 2.05) is 13.0 Å². The SMILES string of the molecule is CCCCOCCS(=O)(=O)Nc1ccc(Cl)cc1/C(=N\O)c1ccccc1. The maximum absolute atomic E-state index is 12.4. The fourth-order valence-electron chi connectivity index (χ4n) is 2.40. The quantitative estimate of drug-likeness (QED) is 0.267. The van der Waals surface area contributed by atoms with Crippen molar-refractivity contribution in [3.05, 3.63) is 64.7 Å². The normalized spacial score (nSPS) is 12.1. The Balaban J connectivity index is 2.23. The highest BCUT2D eigenvalue weighted by atomic mass is 35.5. The summed E-state index contributed by atoms with van der Waals surface area (Å²) < 4.78 is 32.6. The van der Waals surface area contributed by atoms with Crippen molar-refractivity contribution in [3.63, 3.8) is 0 Å². The van der Waals surface area contributed by atoms with E-state index in [2.05, 4.69) is 9.88 Å². The summed E-state index contributed by atoms with van der Waals surface area (Å²) >= 11 is 6.07. The minimum Gasteiger partial charge on any atom is -0.410 e. The fourth-order valence-corrected chi connectivity index (χ4v) is 3.52. The number of halogens is 1. The summed E-state index contributed by atoms with van der Waals surface area (Å²) in [6.07, 6.45) is 1.88. The predicted octanol–water partition coefficient (Wildman–Crippen LogP) is 4.13. The van der Waals surface area contributed by atoms with Crippen molar-refractivity contribution in [1.82, 2.24) is 0 Å². The highest BCUT2D eigenvalue weighted by Gasteiger charge is 2.18. The average Bonchev–Trinajstić information content (AvgIpc) is 2.65. The molecule has 8 heteroatoms. The molecule has 2 aromatic rings. The smallest absolute Gasteiger partial charge is 0.235 e. The van der Waals surface area contributed by atoms with E-state index in [0.717, 1.165) is 12.8 Å². The van der Waals surface area contributed by atoms with Gasteiger partial charge in [0.25, 0.3) is 0 Å². The van der Waals surface area contributed by atoms with Crippen LogP contribution in [0, 0.1) is 0 Å². The first-order chi connectivity index (χ1) is 13.0. The molecular formula is C19H23ClN2O4S. The molecular weight excluding hydrogens is 388 g/mol. The molecule has 6 nitrogen and oxygen atoms in total. The molecule has 0 unspecified atom stereocenters. The van der Waals surface area contributed by atoms with Gasteiger partial charge in [-0.15, -0.1) is 0 Å². The molecule has 0 saturated carbocycles. The van der Waals surface area contributed by atoms with E-state index < -0.39 is 10.0 Å². The van der Waals surface area contributed by atoms with E-state index in [0.29, 0.717) is 22.8 Å². The Morgan fingerprint density at radius 3 is 2.59 bits per heavy atom. The van der Waals surface area contributed by atoms with Crippen molar-refractivity contribution in [3.8, 4) is 0 Å². The lowest BCUT2D eigenvalue weighted by atomic mass is 10.0. The zero-order valence-electron chi connectivity index (χ0n) is 15.1. The topological polar surface area (TPSA) is 88.0 Å². The molecule has 2 N–H and O–H groups in total. The van der Waals surface area contributed by atoms with Crippen LogP contribution in [-0.2, 0) is 14.8 Å². The van der Waals surface area contributed by atoms with Gasteiger partial charge in [-0.25, -0.2) is 8.42 Å². The molecule has 0 aliphatic rings. The van der Waals surface area contributed by atoms with Gasteiger partial charge in [0.15, 0.2) is 0 Å². The molecule has 0 fully saturated rings. The number of rotatable bonds is 10. The van der Waals surface area contributed by atoms with Crippen molar-refractivity contribution in [2.75, 3.05) is 23.7 Å². The third-order valence-corrected chi connectivity index (χ3v) is 5.26. The number of nitrogens with one attached hydrogen (secondary N) is 1. The molecule has 0 bridgehead atoms. The molecule has 146 valence electrons. The van der Waals surface area contributed by atoms with Crippen LogP contribution in [0.3, 0.4) is 0 Å². The van der Waals surface area contributed by atoms with Crippen LogP contribution in [-0.4, -0.2) is 38.3 Å². The average molecular weight is 411 g/mol. The minimum atomic E-state index is -3.64. The van der Waals surface area contributed by atoms with Crippen molar-refractivity contribution in [2.45, 2.75) is 19.8 Å². The second kappa shape index (κ2) is 10.3. The molecule has 0 spiro atoms. The van der Waals surface area contributed by atoms with Gasteiger partial charge in [0, 0.05) is 22.8 Å². The summed E-state index contributed by atoms with van der Waals surface area (Å²) in [4.78, 5) is 0. The Labute approximate surface area is 164 Å². The van der Waals surface area contributed by atoms with Gasteiger partial charge in [-0.3, -0.25) is 4.72 Å². The Morgan fingerprint density at radius 1 is 1.19 bits per heavy atom. The molecule has 0 aliphatic carbocycles. The number of unbranched alkanes of at least 4 members (excludes halogenated alkanes) is 1. The number of oxime groups is 1. The third-order valence-electron chi connectivity index (χ3n) is 3.79. The van der Waals surface area contributed by atoms with E-state index in [1.54, 1.807) is 42.5 Å². The third kappa shape index (κ3) is 6.53. The zero-order valence-corrected chi connectivity index (χ0v) is 16.6. The van der Waals surface area contributed by atoms with Gasteiger partial charge in [-0.05, 0) is 24.6 Å². The van der Waals surface area contributed by atoms with E-state index in [9.17, 15) is 13.6 Å². The molecule has 0 radical (unpaired) electrons. The van der Waals surface area contributed by atoms with E-state index in [1.165, 1.54) is 0 Å². The maximum atomic E-state index is 12.4. The fraction of sp³-hybridized carbons (Fsp3) is 0.316. The summed E-state index contributed by atoms with van der Waals surface area (Å²) in [6, 6.07) is 13.6. The van der Waals surface area contributed by atoms with E-state index >= 15 is 0 Å². The maximum Gasteiger partial charge on any atom is 0.235 e. The second-order valence-electron chi connectivity index (χ2n) is 5.89. The van der Waals surface area contributed by atoms with E-state index in [-0.39, 0.29) is 23.8 Å². The van der Waals surface area contributed by atoms with Crippen molar-refractivity contribution in [1.29, 1.82) is 0 Å². The van der Waals surface area contributed by atoms with Gasteiger partial charge < -0.3 is 9.94 Å². The number of nitrogens with zero attached hydrogens (tertiary/aromatic N) is 1. The Kier molecular flexibility index (Phi) is 8.09. The number of sulfonamides is 1. The van der Waals surface area contributed by atoms with Crippen LogP contribution < -0.4 is 4.72 Å². The number of ether oxygens (including phenoxy) is 1. The van der Waals surface area contributed by atoms with E-state index in [4.69, 9.17) is 16.3 Å². The summed E-state index contributed by atoms with van der Waals surface area (Å²) in [6.45, 7) is 2.68. The second-order valence-corrected chi connectivity index (χ2v) is 8.17. The monoisotopic (exact) mass is 410 g/mol. The summed E-state index contributed by atoms with van der Waals surface area (Å²) in [5.74, 6) is -0.171. The summed E-state index contributed by atoms with van der Waals surface area (Å²) in [5, 5.41) is 13.3. The Bertz CT molecular complexity index is 871. The molecule has 27 heavy (non-hydrogen) atoms. The van der Waals surface area contributed by atoms with Gasteiger partial charge in [0.05, 0.1) is 18.0 Å². The molecule has 0 aliphatic heterocycles. The van der Waals surface area contributed by atoms with Gasteiger partial charge in [0.2, 0.25) is 10.0 Å². The molecule has 0 atom stereocenters. The largest absolute Gasteiger partial charge is 0.410 e. The first-order valence-electron chi connectivity index (χ1n) is 8.62. The van der Waals surface area contributed by atoms with Crippen LogP contribution >= 0.6 is 11.6 Å². The van der Waals surface area contributed by atoms with Crippen molar-refractivity contribution < 1.29 is 18.4 Å². The molecule has 2 aromatic carbocycles. The first-order valence-corrected chi connectivity index (χ1v) is 10.7. The first kappa shape index (κ1) is 21.2. The molecule has 0 saturated heterocycles. The van der Waals surface area contributed by atoms with Crippen molar-refractivity contribution in [2.24, 2.45) is 5.16 Å². The van der Waals surface area contributed by atoms with Crippen molar-refractivity contribution >= 4 is 33.0 Å². The summed E-state index contributed by atoms with van der Waals surface area (Å²) in [7, 11) is -3.64. The number of benzene rings is 2. The highest BCUT2D eigenvalue weighted by Crippen LogP contribution is 2.25. The number of hydrogen-bond acceptors (Lipinski definition) is 5. The van der Waals surface area contributed by atoms with Crippen LogP contribution in [0.15, 0.2) is 53.7 Å². The highest BCUT2D eigenvalue weighted by molar-refractivity contribution is 7.92. The van der Waals surface area contributed by atoms with Crippen LogP contribution in [0.5, 0.6) is 0 Å². The molecule has 2 rings (SSSR count). The van der Waals surface area contributed by atoms with Gasteiger partial charge in [-0.1, -0.05) is 60.4 Å². The van der Waals surface area contributed by atoms with Gasteiger partial charge in [-0.2, -0.15) is 0 Å². The Morgan fingerprint density at radius 2 is 1.93 bits per heavy atom. The number of anilines is 1. The van der Waals surface area contributed by atoms with Crippen LogP contribution in [0.25, 0.3) is 0 Å². The van der Waals surface area contributed by atoms with Gasteiger partial charge >= 0.3 is 0 Å².